The fourth-order valence-corrected chi connectivity index (χ4v) is 7.88. The molecule has 5 heterocycles. The smallest absolute Gasteiger partial charge is 0.111 e. The van der Waals surface area contributed by atoms with Crippen molar-refractivity contribution in [3.05, 3.63) is 29.8 Å². The average molecular weight is 411 g/mol. The van der Waals surface area contributed by atoms with E-state index in [4.69, 9.17) is 23.2 Å². The summed E-state index contributed by atoms with van der Waals surface area (Å²) < 4.78 is 0. The highest BCUT2D eigenvalue weighted by Gasteiger charge is 2.76. The summed E-state index contributed by atoms with van der Waals surface area (Å²) in [6.07, 6.45) is 2.56. The Morgan fingerprint density at radius 3 is 2.59 bits per heavy atom. The number of nitrogens with zero attached hydrogens (tertiary/aromatic N) is 2. The molecule has 6 aliphatic rings. The number of rotatable bonds is 1. The van der Waals surface area contributed by atoms with Crippen molar-refractivity contribution >= 4 is 28.9 Å². The van der Waals surface area contributed by atoms with Crippen molar-refractivity contribution in [3.8, 4) is 0 Å². The van der Waals surface area contributed by atoms with Crippen LogP contribution < -0.4 is 4.90 Å². The van der Waals surface area contributed by atoms with Crippen molar-refractivity contribution in [2.24, 2.45) is 17.8 Å². The molecule has 148 valence electrons. The minimum atomic E-state index is -0.319. The number of hydrogen-bond acceptors (Lipinski definition) is 4. The van der Waals surface area contributed by atoms with Gasteiger partial charge < -0.3 is 15.1 Å². The Kier molecular flexibility index (Phi) is 4.27. The molecule has 4 nitrogen and oxygen atoms in total. The van der Waals surface area contributed by atoms with Gasteiger partial charge in [-0.3, -0.25) is 4.90 Å². The minimum absolute atomic E-state index is 0.126. The van der Waals surface area contributed by atoms with Crippen LogP contribution in [0.4, 0.5) is 5.69 Å². The van der Waals surface area contributed by atoms with Crippen LogP contribution >= 0.6 is 23.2 Å². The summed E-state index contributed by atoms with van der Waals surface area (Å²) in [4.78, 5) is 4.83. The number of halogens is 2. The maximum Gasteiger partial charge on any atom is 0.111 e. The minimum Gasteiger partial charge on any atom is -0.392 e. The van der Waals surface area contributed by atoms with E-state index >= 15 is 0 Å². The second-order valence-corrected chi connectivity index (χ2v) is 9.72. The zero-order chi connectivity index (χ0) is 19.1. The maximum absolute atomic E-state index is 11.6. The zero-order valence-corrected chi connectivity index (χ0v) is 17.3. The number of likely N-dealkylation sites (N-methyl/N-ethyl adjacent to an activating group) is 1. The molecule has 10 atom stereocenters. The highest BCUT2D eigenvalue weighted by Crippen LogP contribution is 2.68. The van der Waals surface area contributed by atoms with E-state index in [0.29, 0.717) is 35.9 Å². The number of aliphatic hydroxyl groups is 2. The summed E-state index contributed by atoms with van der Waals surface area (Å²) in [5, 5.41) is 22.8. The van der Waals surface area contributed by atoms with Gasteiger partial charge in [0.2, 0.25) is 0 Å². The van der Waals surface area contributed by atoms with Gasteiger partial charge in [0.15, 0.2) is 0 Å². The second-order valence-electron chi connectivity index (χ2n) is 8.91. The monoisotopic (exact) mass is 410 g/mol. The van der Waals surface area contributed by atoms with Gasteiger partial charge in [-0.15, -0.1) is 23.2 Å². The Hall–Kier alpha value is -0.520. The molecular weight excluding hydrogens is 383 g/mol. The van der Waals surface area contributed by atoms with Gasteiger partial charge >= 0.3 is 0 Å². The summed E-state index contributed by atoms with van der Waals surface area (Å²) in [5.74, 6) is 1.14. The number of piperidine rings is 4. The van der Waals surface area contributed by atoms with Gasteiger partial charge in [0, 0.05) is 42.1 Å². The Labute approximate surface area is 171 Å². The zero-order valence-electron chi connectivity index (χ0n) is 15.8. The van der Waals surface area contributed by atoms with Crippen molar-refractivity contribution in [2.75, 3.05) is 17.3 Å². The summed E-state index contributed by atoms with van der Waals surface area (Å²) >= 11 is 9.53. The van der Waals surface area contributed by atoms with Crippen LogP contribution in [0.3, 0.4) is 0 Å². The van der Waals surface area contributed by atoms with Gasteiger partial charge in [-0.2, -0.15) is 0 Å². The molecule has 6 heteroatoms. The van der Waals surface area contributed by atoms with Gasteiger partial charge in [0.25, 0.3) is 0 Å². The van der Waals surface area contributed by atoms with E-state index in [1.165, 1.54) is 11.3 Å². The average Bonchev–Trinajstić information content (AvgIpc) is 3.05. The van der Waals surface area contributed by atoms with E-state index in [0.717, 1.165) is 19.3 Å². The molecular formula is C21H28Cl2N2O2. The van der Waals surface area contributed by atoms with Crippen molar-refractivity contribution in [3.63, 3.8) is 0 Å². The first kappa shape index (κ1) is 18.5. The van der Waals surface area contributed by atoms with Crippen molar-refractivity contribution in [1.82, 2.24) is 4.90 Å². The highest BCUT2D eigenvalue weighted by molar-refractivity contribution is 6.40. The fraction of sp³-hybridized carbons (Fsp3) is 0.714. The highest BCUT2D eigenvalue weighted by atomic mass is 35.5. The quantitative estimate of drug-likeness (QED) is 0.698. The van der Waals surface area contributed by atoms with E-state index < -0.39 is 0 Å². The van der Waals surface area contributed by atoms with Crippen LogP contribution in [0.5, 0.6) is 0 Å². The SMILES string of the molecule is CC[C@H]1[C@@H]2C[C@H]3[C@@H]4N(C)c5ccccc5C45C[C@@H]([C@@H]2[C@H]5O)N3[C@@H]1O.ClCCl. The van der Waals surface area contributed by atoms with Crippen LogP contribution in [0.2, 0.25) is 0 Å². The molecule has 2 N–H and O–H groups in total. The fourth-order valence-electron chi connectivity index (χ4n) is 7.88. The van der Waals surface area contributed by atoms with E-state index in [1.807, 2.05) is 0 Å². The lowest BCUT2D eigenvalue weighted by atomic mass is 9.62. The molecule has 0 aromatic heterocycles. The Morgan fingerprint density at radius 2 is 1.89 bits per heavy atom. The summed E-state index contributed by atoms with van der Waals surface area (Å²) in [7, 11) is 2.19. The maximum atomic E-state index is 11.6. The molecule has 1 saturated carbocycles. The molecule has 7 rings (SSSR count). The van der Waals surface area contributed by atoms with Crippen molar-refractivity contribution < 1.29 is 10.2 Å². The third-order valence-electron chi connectivity index (χ3n) is 8.46. The molecule has 1 aromatic carbocycles. The number of hydrogen-bond donors (Lipinski definition) is 2. The normalized spacial score (nSPS) is 50.3. The van der Waals surface area contributed by atoms with Crippen LogP contribution in [-0.4, -0.2) is 58.0 Å². The van der Waals surface area contributed by atoms with Gasteiger partial charge in [-0.1, -0.05) is 25.1 Å². The number of benzene rings is 1. The molecule has 2 unspecified atom stereocenters. The standard InChI is InChI=1S/C20H26N2O2.CH2Cl2/c1-3-10-11-8-14-17-20(12-6-4-5-7-13(12)21(17)2)9-15(16(11)18(20)23)22(14)19(10)24;2-1-3/h4-7,10-11,14-19,23-24H,3,8-9H2,1-2H3;1H2/t10-,11-,14-,15-,16+,17-,18+,19+,20?;/m0./s1. The van der Waals surface area contributed by atoms with E-state index in [9.17, 15) is 10.2 Å². The second kappa shape index (κ2) is 6.24. The molecule has 5 bridgehead atoms. The molecule has 1 spiro atoms. The van der Waals surface area contributed by atoms with Crippen LogP contribution in [0, 0.1) is 17.8 Å². The van der Waals surface area contributed by atoms with E-state index in [-0.39, 0.29) is 23.1 Å². The summed E-state index contributed by atoms with van der Waals surface area (Å²) in [5.41, 5.74) is 2.51. The van der Waals surface area contributed by atoms with Gasteiger partial charge in [-0.25, -0.2) is 0 Å². The predicted molar refractivity (Wildman–Crippen MR) is 108 cm³/mol. The molecule has 5 fully saturated rings. The van der Waals surface area contributed by atoms with E-state index in [2.05, 4.69) is 48.0 Å². The first-order valence-corrected chi connectivity index (χ1v) is 11.2. The molecule has 27 heavy (non-hydrogen) atoms. The predicted octanol–water partition coefficient (Wildman–Crippen LogP) is 2.98. The van der Waals surface area contributed by atoms with Gasteiger partial charge in [0.1, 0.15) is 6.23 Å². The van der Waals surface area contributed by atoms with E-state index in [1.54, 1.807) is 0 Å². The van der Waals surface area contributed by atoms with Crippen LogP contribution in [-0.2, 0) is 5.41 Å². The molecule has 4 saturated heterocycles. The third-order valence-corrected chi connectivity index (χ3v) is 8.46. The lowest BCUT2D eigenvalue weighted by Crippen LogP contribution is -2.72. The number of fused-ring (bicyclic) bond motifs is 2. The molecule has 5 aliphatic heterocycles. The number of alkyl halides is 2. The number of para-hydroxylation sites is 1. The molecule has 0 amide bonds. The molecule has 1 aromatic rings. The Morgan fingerprint density at radius 1 is 1.19 bits per heavy atom. The van der Waals surface area contributed by atoms with Crippen molar-refractivity contribution in [1.29, 1.82) is 0 Å². The van der Waals surface area contributed by atoms with Crippen LogP contribution in [0.15, 0.2) is 24.3 Å². The lowest BCUT2D eigenvalue weighted by Gasteiger charge is -2.62. The summed E-state index contributed by atoms with van der Waals surface area (Å²) in [6, 6.07) is 9.70. The van der Waals surface area contributed by atoms with Crippen molar-refractivity contribution in [2.45, 2.75) is 62.1 Å². The van der Waals surface area contributed by atoms with Crippen LogP contribution in [0.25, 0.3) is 0 Å². The largest absolute Gasteiger partial charge is 0.392 e. The lowest BCUT2D eigenvalue weighted by molar-refractivity contribution is -0.211. The molecule has 0 radical (unpaired) electrons. The third kappa shape index (κ3) is 2.02. The van der Waals surface area contributed by atoms with Gasteiger partial charge in [-0.05, 0) is 36.8 Å². The Bertz CT molecular complexity index is 749. The first-order chi connectivity index (χ1) is 13.0. The first-order valence-electron chi connectivity index (χ1n) is 10.1. The number of anilines is 1. The van der Waals surface area contributed by atoms with Gasteiger partial charge in [0.05, 0.1) is 17.5 Å². The topological polar surface area (TPSA) is 46.9 Å². The van der Waals surface area contributed by atoms with Crippen LogP contribution in [0.1, 0.15) is 31.7 Å². The molecule has 1 aliphatic carbocycles. The Balaban J connectivity index is 0.000000504. The number of aliphatic hydroxyl groups excluding tert-OH is 2. The summed E-state index contributed by atoms with van der Waals surface area (Å²) in [6.45, 7) is 2.19.